The minimum absolute atomic E-state index is 0.183. The van der Waals surface area contributed by atoms with Crippen LogP contribution in [-0.4, -0.2) is 48.9 Å². The molecule has 0 rings (SSSR count). The maximum Gasteiger partial charge on any atom is 0.463 e. The van der Waals surface area contributed by atoms with Gasteiger partial charge in [-0.2, -0.15) is 22.0 Å². The van der Waals surface area contributed by atoms with Crippen LogP contribution in [0.15, 0.2) is 0 Å². The molecule has 0 spiro atoms. The fourth-order valence-electron chi connectivity index (χ4n) is 0.840. The minimum Gasteiger partial charge on any atom is -0.372 e. The van der Waals surface area contributed by atoms with Gasteiger partial charge in [-0.1, -0.05) is 15.9 Å². The number of carbonyl (C=O) groups is 2. The summed E-state index contributed by atoms with van der Waals surface area (Å²) in [6.45, 7) is -0.772. The van der Waals surface area contributed by atoms with Crippen LogP contribution < -0.4 is 5.32 Å². The molecule has 1 unspecified atom stereocenters. The first-order valence-corrected chi connectivity index (χ1v) is 5.54. The number of methoxy groups -OCH3 is 1. The first-order chi connectivity index (χ1) is 8.07. The number of hydrogen-bond acceptors (Lipinski definition) is 3. The Labute approximate surface area is 107 Å². The van der Waals surface area contributed by atoms with E-state index in [0.29, 0.717) is 0 Å². The molecule has 1 N–H and O–H groups in total. The number of rotatable bonds is 6. The molecule has 0 aliphatic heterocycles. The zero-order chi connectivity index (χ0) is 14.6. The zero-order valence-corrected chi connectivity index (χ0v) is 10.6. The van der Waals surface area contributed by atoms with Gasteiger partial charge in [0.1, 0.15) is 6.10 Å². The van der Waals surface area contributed by atoms with Gasteiger partial charge in [0.25, 0.3) is 5.91 Å². The predicted molar refractivity (Wildman–Crippen MR) is 53.6 cm³/mol. The fourth-order valence-corrected chi connectivity index (χ4v) is 1.20. The highest BCUT2D eigenvalue weighted by Crippen LogP contribution is 2.35. The number of halogens is 6. The van der Waals surface area contributed by atoms with Gasteiger partial charge < -0.3 is 10.1 Å². The molecular formula is C8H9BrF5NO3. The van der Waals surface area contributed by atoms with E-state index >= 15 is 0 Å². The number of amides is 1. The Bertz CT molecular complexity index is 320. The van der Waals surface area contributed by atoms with Gasteiger partial charge in [0.15, 0.2) is 5.78 Å². The van der Waals surface area contributed by atoms with Crippen molar-refractivity contribution in [1.82, 2.24) is 5.32 Å². The standard InChI is InChI=1S/C8H9BrF5NO3/c1-18-5(4(16)2-9)3-15-6(17)7(10,11)8(12,13)14/h5H,2-3H2,1H3,(H,15,17). The third kappa shape index (κ3) is 4.16. The van der Waals surface area contributed by atoms with Crippen molar-refractivity contribution in [2.24, 2.45) is 0 Å². The van der Waals surface area contributed by atoms with Gasteiger partial charge in [0, 0.05) is 7.11 Å². The van der Waals surface area contributed by atoms with Gasteiger partial charge in [-0.25, -0.2) is 0 Å². The monoisotopic (exact) mass is 341 g/mol. The van der Waals surface area contributed by atoms with Gasteiger partial charge in [0.2, 0.25) is 0 Å². The number of hydrogen-bond donors (Lipinski definition) is 1. The molecule has 0 aliphatic rings. The molecule has 1 amide bonds. The van der Waals surface area contributed by atoms with Crippen LogP contribution in [-0.2, 0) is 14.3 Å². The van der Waals surface area contributed by atoms with E-state index in [1.165, 1.54) is 5.32 Å². The highest BCUT2D eigenvalue weighted by Gasteiger charge is 2.63. The number of ketones is 1. The van der Waals surface area contributed by atoms with Gasteiger partial charge >= 0.3 is 12.1 Å². The average Bonchev–Trinajstić information content (AvgIpc) is 2.27. The van der Waals surface area contributed by atoms with Crippen molar-refractivity contribution in [3.63, 3.8) is 0 Å². The lowest BCUT2D eigenvalue weighted by Gasteiger charge is -2.20. The third-order valence-electron chi connectivity index (χ3n) is 1.86. The summed E-state index contributed by atoms with van der Waals surface area (Å²) in [7, 11) is 1.05. The zero-order valence-electron chi connectivity index (χ0n) is 8.98. The van der Waals surface area contributed by atoms with Crippen LogP contribution in [0.3, 0.4) is 0 Å². The van der Waals surface area contributed by atoms with Gasteiger partial charge in [-0.05, 0) is 0 Å². The van der Waals surface area contributed by atoms with E-state index < -0.39 is 36.4 Å². The van der Waals surface area contributed by atoms with Crippen molar-refractivity contribution < 1.29 is 36.3 Å². The maximum atomic E-state index is 12.5. The largest absolute Gasteiger partial charge is 0.463 e. The van der Waals surface area contributed by atoms with Crippen LogP contribution >= 0.6 is 15.9 Å². The Balaban J connectivity index is 4.55. The summed E-state index contributed by atoms with van der Waals surface area (Å²) < 4.78 is 64.9. The van der Waals surface area contributed by atoms with Crippen molar-refractivity contribution in [3.8, 4) is 0 Å². The molecule has 1 atom stereocenters. The van der Waals surface area contributed by atoms with Gasteiger partial charge in [0.05, 0.1) is 11.9 Å². The summed E-state index contributed by atoms with van der Waals surface area (Å²) in [5.41, 5.74) is 0. The smallest absolute Gasteiger partial charge is 0.372 e. The highest BCUT2D eigenvalue weighted by molar-refractivity contribution is 9.09. The molecule has 0 aromatic heterocycles. The molecule has 0 aromatic carbocycles. The van der Waals surface area contributed by atoms with Crippen LogP contribution in [0.4, 0.5) is 22.0 Å². The topological polar surface area (TPSA) is 55.4 Å². The fraction of sp³-hybridized carbons (Fsp3) is 0.750. The first-order valence-electron chi connectivity index (χ1n) is 4.42. The molecule has 0 radical (unpaired) electrons. The molecule has 18 heavy (non-hydrogen) atoms. The SMILES string of the molecule is COC(CNC(=O)C(F)(F)C(F)(F)F)C(=O)CBr. The van der Waals surface area contributed by atoms with E-state index in [0.717, 1.165) is 7.11 Å². The van der Waals surface area contributed by atoms with Crippen molar-refractivity contribution in [2.75, 3.05) is 19.0 Å². The summed E-state index contributed by atoms with van der Waals surface area (Å²) in [6, 6.07) is 0. The Hall–Kier alpha value is -0.770. The van der Waals surface area contributed by atoms with Crippen molar-refractivity contribution >= 4 is 27.6 Å². The number of Topliss-reactive ketones (excluding diaryl/α,β-unsaturated/α-hetero) is 1. The van der Waals surface area contributed by atoms with E-state index in [1.807, 2.05) is 0 Å². The van der Waals surface area contributed by atoms with Crippen molar-refractivity contribution in [2.45, 2.75) is 18.2 Å². The van der Waals surface area contributed by atoms with Crippen LogP contribution in [0.5, 0.6) is 0 Å². The predicted octanol–water partition coefficient (Wildman–Crippen LogP) is 1.28. The summed E-state index contributed by atoms with van der Waals surface area (Å²) in [5, 5.41) is 1.14. The van der Waals surface area contributed by atoms with Crippen molar-refractivity contribution in [1.29, 1.82) is 0 Å². The maximum absolute atomic E-state index is 12.5. The van der Waals surface area contributed by atoms with Gasteiger partial charge in [-0.15, -0.1) is 0 Å². The molecule has 0 heterocycles. The van der Waals surface area contributed by atoms with E-state index in [2.05, 4.69) is 20.7 Å². The average molecular weight is 342 g/mol. The lowest BCUT2D eigenvalue weighted by molar-refractivity contribution is -0.269. The summed E-state index contributed by atoms with van der Waals surface area (Å²) in [4.78, 5) is 21.8. The molecule has 10 heteroatoms. The summed E-state index contributed by atoms with van der Waals surface area (Å²) in [5.74, 6) is -8.64. The molecule has 4 nitrogen and oxygen atoms in total. The second kappa shape index (κ2) is 6.41. The third-order valence-corrected chi connectivity index (χ3v) is 2.42. The number of nitrogens with one attached hydrogen (secondary N) is 1. The summed E-state index contributed by atoms with van der Waals surface area (Å²) >= 11 is 2.76. The van der Waals surface area contributed by atoms with E-state index in [4.69, 9.17) is 0 Å². The lowest BCUT2D eigenvalue weighted by Crippen LogP contribution is -2.52. The Morgan fingerprint density at radius 2 is 1.78 bits per heavy atom. The van der Waals surface area contributed by atoms with Crippen LogP contribution in [0.25, 0.3) is 0 Å². The van der Waals surface area contributed by atoms with Gasteiger partial charge in [-0.3, -0.25) is 9.59 Å². The summed E-state index contributed by atoms with van der Waals surface area (Å²) in [6.07, 6.45) is -7.28. The highest BCUT2D eigenvalue weighted by atomic mass is 79.9. The first kappa shape index (κ1) is 17.2. The van der Waals surface area contributed by atoms with E-state index in [9.17, 15) is 31.5 Å². The molecule has 0 aromatic rings. The second-order valence-electron chi connectivity index (χ2n) is 3.11. The van der Waals surface area contributed by atoms with Crippen LogP contribution in [0.1, 0.15) is 0 Å². The molecular weight excluding hydrogens is 333 g/mol. The molecule has 0 bridgehead atoms. The van der Waals surface area contributed by atoms with Crippen molar-refractivity contribution in [3.05, 3.63) is 0 Å². The normalized spacial score (nSPS) is 14.2. The van der Waals surface area contributed by atoms with E-state index in [1.54, 1.807) is 0 Å². The molecule has 0 fully saturated rings. The molecule has 0 saturated heterocycles. The number of ether oxygens (including phenoxy) is 1. The van der Waals surface area contributed by atoms with Crippen LogP contribution in [0.2, 0.25) is 0 Å². The Morgan fingerprint density at radius 1 is 1.28 bits per heavy atom. The number of carbonyl (C=O) groups excluding carboxylic acids is 2. The lowest BCUT2D eigenvalue weighted by atomic mass is 10.2. The second-order valence-corrected chi connectivity index (χ2v) is 3.67. The number of alkyl halides is 6. The molecule has 106 valence electrons. The Kier molecular flexibility index (Phi) is 6.14. The molecule has 0 aliphatic carbocycles. The Morgan fingerprint density at radius 3 is 2.11 bits per heavy atom. The van der Waals surface area contributed by atoms with E-state index in [-0.39, 0.29) is 5.33 Å². The minimum atomic E-state index is -5.99. The quantitative estimate of drug-likeness (QED) is 0.585. The molecule has 0 saturated carbocycles. The van der Waals surface area contributed by atoms with Crippen LogP contribution in [0, 0.1) is 0 Å².